The first-order chi connectivity index (χ1) is 11.1. The van der Waals surface area contributed by atoms with Crippen LogP contribution in [0, 0.1) is 12.8 Å². The Morgan fingerprint density at radius 1 is 1.17 bits per heavy atom. The van der Waals surface area contributed by atoms with Crippen molar-refractivity contribution in [1.82, 2.24) is 0 Å². The monoisotopic (exact) mass is 306 g/mol. The molecule has 0 atom stereocenters. The maximum Gasteiger partial charge on any atom is 0.139 e. The minimum absolute atomic E-state index is 0.756. The number of rotatable bonds is 6. The van der Waals surface area contributed by atoms with Crippen LogP contribution in [0.25, 0.3) is 5.57 Å². The first-order valence-electron chi connectivity index (χ1n) is 8.15. The lowest BCUT2D eigenvalue weighted by molar-refractivity contribution is 0.300. The zero-order valence-corrected chi connectivity index (χ0v) is 14.2. The van der Waals surface area contributed by atoms with Gasteiger partial charge in [0.1, 0.15) is 19.3 Å². The summed E-state index contributed by atoms with van der Waals surface area (Å²) in [4.78, 5) is 0. The predicted molar refractivity (Wildman–Crippen MR) is 98.7 cm³/mol. The molecule has 0 aromatic heterocycles. The third-order valence-electron chi connectivity index (χ3n) is 4.33. The third kappa shape index (κ3) is 3.79. The average molecular weight is 306 g/mol. The molecule has 0 amide bonds. The summed E-state index contributed by atoms with van der Waals surface area (Å²) in [5.74, 6) is 2.60. The Kier molecular flexibility index (Phi) is 4.47. The minimum atomic E-state index is 0.756. The maximum atomic E-state index is 5.94. The van der Waals surface area contributed by atoms with Crippen LogP contribution in [0.1, 0.15) is 29.5 Å². The summed E-state index contributed by atoms with van der Waals surface area (Å²) in [5, 5.41) is 0. The Morgan fingerprint density at radius 3 is 2.61 bits per heavy atom. The van der Waals surface area contributed by atoms with Gasteiger partial charge in [-0.25, -0.2) is 0 Å². The first-order valence-corrected chi connectivity index (χ1v) is 8.15. The molecular weight excluding hydrogens is 283 g/mol. The van der Waals surface area contributed by atoms with Gasteiger partial charge < -0.3 is 9.47 Å². The van der Waals surface area contributed by atoms with E-state index in [9.17, 15) is 0 Å². The van der Waals surface area contributed by atoms with E-state index in [0.717, 1.165) is 46.3 Å². The van der Waals surface area contributed by atoms with Gasteiger partial charge in [-0.05, 0) is 72.2 Å². The minimum Gasteiger partial charge on any atom is -0.496 e. The van der Waals surface area contributed by atoms with Gasteiger partial charge in [0.25, 0.3) is 0 Å². The molecule has 0 aliphatic heterocycles. The molecule has 1 aliphatic rings. The number of ether oxygens (including phenoxy) is 2. The molecule has 0 bridgehead atoms. The van der Waals surface area contributed by atoms with Crippen LogP contribution in [0.15, 0.2) is 43.0 Å². The molecule has 23 heavy (non-hydrogen) atoms. The molecular formula is C20H23BO2. The van der Waals surface area contributed by atoms with Gasteiger partial charge in [-0.2, -0.15) is 0 Å². The van der Waals surface area contributed by atoms with E-state index in [1.165, 1.54) is 18.3 Å². The van der Waals surface area contributed by atoms with Crippen LogP contribution < -0.4 is 14.9 Å². The van der Waals surface area contributed by atoms with Crippen LogP contribution >= 0.6 is 0 Å². The van der Waals surface area contributed by atoms with Crippen molar-refractivity contribution in [3.63, 3.8) is 0 Å². The fraction of sp³-hybridized carbons (Fsp3) is 0.300. The lowest BCUT2D eigenvalue weighted by atomic mass is 9.90. The lowest BCUT2D eigenvalue weighted by Gasteiger charge is -2.13. The molecule has 0 N–H and O–H groups in total. The van der Waals surface area contributed by atoms with Crippen molar-refractivity contribution in [2.24, 2.45) is 5.92 Å². The second-order valence-electron chi connectivity index (χ2n) is 6.45. The van der Waals surface area contributed by atoms with E-state index < -0.39 is 0 Å². The predicted octanol–water partition coefficient (Wildman–Crippen LogP) is 3.11. The largest absolute Gasteiger partial charge is 0.496 e. The van der Waals surface area contributed by atoms with Crippen molar-refractivity contribution in [2.75, 3.05) is 13.7 Å². The molecule has 0 saturated heterocycles. The Bertz CT molecular complexity index is 732. The molecule has 0 radical (unpaired) electrons. The van der Waals surface area contributed by atoms with Crippen molar-refractivity contribution >= 4 is 18.9 Å². The van der Waals surface area contributed by atoms with Crippen molar-refractivity contribution in [3.05, 3.63) is 59.7 Å². The van der Waals surface area contributed by atoms with Gasteiger partial charge >= 0.3 is 0 Å². The van der Waals surface area contributed by atoms with Crippen LogP contribution in [0.2, 0.25) is 0 Å². The number of hydrogen-bond acceptors (Lipinski definition) is 2. The molecule has 2 nitrogen and oxygen atoms in total. The van der Waals surface area contributed by atoms with E-state index in [2.05, 4.69) is 51.7 Å². The van der Waals surface area contributed by atoms with Crippen molar-refractivity contribution in [1.29, 1.82) is 0 Å². The van der Waals surface area contributed by atoms with Crippen LogP contribution in [0.4, 0.5) is 0 Å². The Hall–Kier alpha value is -2.16. The Morgan fingerprint density at radius 2 is 1.96 bits per heavy atom. The zero-order chi connectivity index (χ0) is 16.4. The molecule has 0 heterocycles. The third-order valence-corrected chi connectivity index (χ3v) is 4.33. The zero-order valence-electron chi connectivity index (χ0n) is 14.2. The van der Waals surface area contributed by atoms with Crippen LogP contribution in [0.5, 0.6) is 11.5 Å². The smallest absolute Gasteiger partial charge is 0.139 e. The topological polar surface area (TPSA) is 18.5 Å². The second-order valence-corrected chi connectivity index (χ2v) is 6.45. The van der Waals surface area contributed by atoms with Gasteiger partial charge in [0.15, 0.2) is 0 Å². The van der Waals surface area contributed by atoms with Crippen molar-refractivity contribution in [2.45, 2.75) is 19.8 Å². The maximum absolute atomic E-state index is 5.94. The van der Waals surface area contributed by atoms with Crippen LogP contribution in [0.3, 0.4) is 0 Å². The second kappa shape index (κ2) is 6.53. The van der Waals surface area contributed by atoms with E-state index in [1.54, 1.807) is 7.11 Å². The number of benzene rings is 2. The molecule has 2 aromatic carbocycles. The van der Waals surface area contributed by atoms with Gasteiger partial charge in [-0.15, -0.1) is 0 Å². The molecule has 0 spiro atoms. The summed E-state index contributed by atoms with van der Waals surface area (Å²) in [5.41, 5.74) is 5.54. The normalized spacial score (nSPS) is 13.7. The van der Waals surface area contributed by atoms with E-state index in [4.69, 9.17) is 9.47 Å². The fourth-order valence-electron chi connectivity index (χ4n) is 2.74. The van der Waals surface area contributed by atoms with Crippen LogP contribution in [-0.2, 0) is 0 Å². The van der Waals surface area contributed by atoms with Gasteiger partial charge in [0, 0.05) is 0 Å². The molecule has 0 unspecified atom stereocenters. The van der Waals surface area contributed by atoms with E-state index in [1.807, 2.05) is 6.07 Å². The van der Waals surface area contributed by atoms with Gasteiger partial charge in [0.05, 0.1) is 13.7 Å². The molecule has 118 valence electrons. The molecule has 1 aliphatic carbocycles. The summed E-state index contributed by atoms with van der Waals surface area (Å²) >= 11 is 0. The highest BCUT2D eigenvalue weighted by molar-refractivity contribution is 6.32. The molecule has 3 heteroatoms. The van der Waals surface area contributed by atoms with Crippen molar-refractivity contribution in [3.8, 4) is 11.5 Å². The highest BCUT2D eigenvalue weighted by Gasteiger charge is 2.22. The molecule has 1 fully saturated rings. The fourth-order valence-corrected chi connectivity index (χ4v) is 2.74. The average Bonchev–Trinajstić information content (AvgIpc) is 3.36. The quantitative estimate of drug-likeness (QED) is 0.764. The molecule has 3 rings (SSSR count). The Labute approximate surface area is 139 Å². The summed E-state index contributed by atoms with van der Waals surface area (Å²) in [7, 11) is 3.79. The lowest BCUT2D eigenvalue weighted by Crippen LogP contribution is -2.07. The summed E-state index contributed by atoms with van der Waals surface area (Å²) in [6.07, 6.45) is 2.60. The summed E-state index contributed by atoms with van der Waals surface area (Å²) in [6.45, 7) is 7.17. The SMILES string of the molecule is Bc1cc(OCC2CC2)cc(C(=C)c2ccc(OC)c(C)c2)c1. The Balaban J connectivity index is 1.84. The van der Waals surface area contributed by atoms with Gasteiger partial charge in [-0.3, -0.25) is 0 Å². The number of hydrogen-bond donors (Lipinski definition) is 0. The highest BCUT2D eigenvalue weighted by Crippen LogP contribution is 2.31. The number of aryl methyl sites for hydroxylation is 1. The van der Waals surface area contributed by atoms with Crippen LogP contribution in [-0.4, -0.2) is 21.6 Å². The summed E-state index contributed by atoms with van der Waals surface area (Å²) < 4.78 is 11.3. The molecule has 1 saturated carbocycles. The van der Waals surface area contributed by atoms with E-state index in [-0.39, 0.29) is 0 Å². The number of methoxy groups -OCH3 is 1. The van der Waals surface area contributed by atoms with Gasteiger partial charge in [-0.1, -0.05) is 24.2 Å². The summed E-state index contributed by atoms with van der Waals surface area (Å²) in [6, 6.07) is 12.5. The molecule has 2 aromatic rings. The highest BCUT2D eigenvalue weighted by atomic mass is 16.5. The van der Waals surface area contributed by atoms with E-state index >= 15 is 0 Å². The van der Waals surface area contributed by atoms with E-state index in [0.29, 0.717) is 0 Å². The first kappa shape index (κ1) is 15.7. The van der Waals surface area contributed by atoms with Crippen molar-refractivity contribution < 1.29 is 9.47 Å². The van der Waals surface area contributed by atoms with Gasteiger partial charge in [0.2, 0.25) is 0 Å². The standard InChI is InChI=1S/C20H23BO2/c1-13-8-16(6-7-20(13)22-3)14(2)17-9-18(21)11-19(10-17)23-12-15-4-5-15/h6-11,15H,2,4-5,12,21H2,1,3H3.